The van der Waals surface area contributed by atoms with Crippen molar-refractivity contribution >= 4 is 17.1 Å². The molecule has 0 aliphatic rings. The van der Waals surface area contributed by atoms with Gasteiger partial charge in [-0.25, -0.2) is 0 Å². The number of benzene rings is 4. The molecule has 0 heterocycles. The molecule has 2 N–H and O–H groups in total. The summed E-state index contributed by atoms with van der Waals surface area (Å²) < 4.78 is 0. The van der Waals surface area contributed by atoms with Crippen LogP contribution in [0.25, 0.3) is 11.1 Å². The Morgan fingerprint density at radius 3 is 1.67 bits per heavy atom. The highest BCUT2D eigenvalue weighted by molar-refractivity contribution is 5.88. The van der Waals surface area contributed by atoms with E-state index in [1.54, 1.807) is 24.3 Å². The predicted octanol–water partition coefficient (Wildman–Crippen LogP) is 6.23. The summed E-state index contributed by atoms with van der Waals surface area (Å²) in [6, 6.07) is 32.5. The lowest BCUT2D eigenvalue weighted by Crippen LogP contribution is -2.11. The molecule has 0 fully saturated rings. The molecule has 0 aliphatic carbocycles. The molecule has 0 radical (unpaired) electrons. The van der Waals surface area contributed by atoms with E-state index in [1.807, 2.05) is 65.6 Å². The maximum absolute atomic E-state index is 10.0. The van der Waals surface area contributed by atoms with E-state index >= 15 is 0 Å². The Balaban J connectivity index is 1.95. The smallest absolute Gasteiger partial charge is 0.117 e. The molecule has 0 aromatic heterocycles. The third-order valence-electron chi connectivity index (χ3n) is 4.41. The summed E-state index contributed by atoms with van der Waals surface area (Å²) in [6.07, 6.45) is 0. The average Bonchev–Trinajstić information content (AvgIpc) is 2.70. The second-order valence-corrected chi connectivity index (χ2v) is 6.26. The highest BCUT2D eigenvalue weighted by Crippen LogP contribution is 2.41. The molecule has 3 nitrogen and oxygen atoms in total. The second kappa shape index (κ2) is 7.26. The Kier molecular flexibility index (Phi) is 4.50. The first kappa shape index (κ1) is 16.7. The fraction of sp³-hybridized carbons (Fsp3) is 0. The van der Waals surface area contributed by atoms with Crippen LogP contribution in [-0.4, -0.2) is 10.2 Å². The molecule has 132 valence electrons. The maximum atomic E-state index is 10.0. The molecule has 0 saturated heterocycles. The van der Waals surface area contributed by atoms with Crippen LogP contribution in [0, 0.1) is 0 Å². The predicted molar refractivity (Wildman–Crippen MR) is 110 cm³/mol. The van der Waals surface area contributed by atoms with Gasteiger partial charge in [-0.05, 0) is 35.9 Å². The van der Waals surface area contributed by atoms with Crippen molar-refractivity contribution in [3.05, 3.63) is 103 Å². The zero-order chi connectivity index (χ0) is 18.6. The van der Waals surface area contributed by atoms with Gasteiger partial charge in [-0.3, -0.25) is 0 Å². The standard InChI is InChI=1S/C24H19NO2/c26-21-12-6-10-19(16-21)25(20-11-7-13-22(27)17-20)24-15-5-4-14-23(24)18-8-2-1-3-9-18/h1-17,26-27H. The SMILES string of the molecule is Oc1cccc(N(c2cccc(O)c2)c2ccccc2-c2ccccc2)c1. The Bertz CT molecular complexity index is 1010. The lowest BCUT2D eigenvalue weighted by atomic mass is 10.0. The summed E-state index contributed by atoms with van der Waals surface area (Å²) in [5, 5.41) is 20.0. The minimum atomic E-state index is 0.190. The van der Waals surface area contributed by atoms with Gasteiger partial charge in [-0.2, -0.15) is 0 Å². The highest BCUT2D eigenvalue weighted by Gasteiger charge is 2.17. The molecule has 27 heavy (non-hydrogen) atoms. The molecule has 0 atom stereocenters. The number of phenols is 2. The topological polar surface area (TPSA) is 43.7 Å². The normalized spacial score (nSPS) is 10.5. The number of rotatable bonds is 4. The van der Waals surface area contributed by atoms with Crippen molar-refractivity contribution in [1.29, 1.82) is 0 Å². The van der Waals surface area contributed by atoms with Gasteiger partial charge in [-0.1, -0.05) is 60.7 Å². The van der Waals surface area contributed by atoms with Crippen molar-refractivity contribution in [2.45, 2.75) is 0 Å². The third kappa shape index (κ3) is 3.48. The lowest BCUT2D eigenvalue weighted by Gasteiger charge is -2.28. The molecule has 3 heteroatoms. The average molecular weight is 353 g/mol. The summed E-state index contributed by atoms with van der Waals surface area (Å²) >= 11 is 0. The monoisotopic (exact) mass is 353 g/mol. The minimum absolute atomic E-state index is 0.190. The van der Waals surface area contributed by atoms with Crippen molar-refractivity contribution in [2.75, 3.05) is 4.90 Å². The number of para-hydroxylation sites is 1. The Morgan fingerprint density at radius 1 is 0.519 bits per heavy atom. The van der Waals surface area contributed by atoms with E-state index in [-0.39, 0.29) is 11.5 Å². The molecule has 0 saturated carbocycles. The number of aromatic hydroxyl groups is 2. The van der Waals surface area contributed by atoms with E-state index < -0.39 is 0 Å². The van der Waals surface area contributed by atoms with Crippen molar-refractivity contribution in [1.82, 2.24) is 0 Å². The van der Waals surface area contributed by atoms with Crippen LogP contribution in [0.15, 0.2) is 103 Å². The van der Waals surface area contributed by atoms with Crippen LogP contribution in [0.1, 0.15) is 0 Å². The molecule has 0 aliphatic heterocycles. The molecular weight excluding hydrogens is 334 g/mol. The summed E-state index contributed by atoms with van der Waals surface area (Å²) in [6.45, 7) is 0. The van der Waals surface area contributed by atoms with Gasteiger partial charge < -0.3 is 15.1 Å². The van der Waals surface area contributed by atoms with Gasteiger partial charge in [-0.15, -0.1) is 0 Å². The molecule has 0 amide bonds. The van der Waals surface area contributed by atoms with E-state index in [9.17, 15) is 10.2 Å². The largest absolute Gasteiger partial charge is 0.508 e. The molecule has 0 bridgehead atoms. The minimum Gasteiger partial charge on any atom is -0.508 e. The van der Waals surface area contributed by atoms with Gasteiger partial charge in [0.2, 0.25) is 0 Å². The van der Waals surface area contributed by atoms with E-state index in [0.717, 1.165) is 28.2 Å². The summed E-state index contributed by atoms with van der Waals surface area (Å²) in [5.41, 5.74) is 4.73. The van der Waals surface area contributed by atoms with E-state index in [1.165, 1.54) is 0 Å². The van der Waals surface area contributed by atoms with Crippen LogP contribution in [0.5, 0.6) is 11.5 Å². The van der Waals surface area contributed by atoms with Crippen LogP contribution in [-0.2, 0) is 0 Å². The van der Waals surface area contributed by atoms with E-state index in [4.69, 9.17) is 0 Å². The fourth-order valence-corrected chi connectivity index (χ4v) is 3.22. The van der Waals surface area contributed by atoms with Crippen LogP contribution in [0.3, 0.4) is 0 Å². The third-order valence-corrected chi connectivity index (χ3v) is 4.41. The van der Waals surface area contributed by atoms with Crippen molar-refractivity contribution in [3.63, 3.8) is 0 Å². The number of hydrogen-bond acceptors (Lipinski definition) is 3. The quantitative estimate of drug-likeness (QED) is 0.457. The number of hydrogen-bond donors (Lipinski definition) is 2. The van der Waals surface area contributed by atoms with Gasteiger partial charge in [0.1, 0.15) is 11.5 Å². The Morgan fingerprint density at radius 2 is 1.07 bits per heavy atom. The van der Waals surface area contributed by atoms with Gasteiger partial charge >= 0.3 is 0 Å². The summed E-state index contributed by atoms with van der Waals surface area (Å²) in [5.74, 6) is 0.379. The van der Waals surface area contributed by atoms with Crippen LogP contribution in [0.2, 0.25) is 0 Å². The zero-order valence-corrected chi connectivity index (χ0v) is 14.7. The van der Waals surface area contributed by atoms with Crippen LogP contribution in [0.4, 0.5) is 17.1 Å². The maximum Gasteiger partial charge on any atom is 0.117 e. The first-order valence-electron chi connectivity index (χ1n) is 8.75. The van der Waals surface area contributed by atoms with Crippen LogP contribution < -0.4 is 4.90 Å². The van der Waals surface area contributed by atoms with Crippen molar-refractivity contribution < 1.29 is 10.2 Å². The Hall–Kier alpha value is -3.72. The second-order valence-electron chi connectivity index (χ2n) is 6.26. The molecule has 0 unspecified atom stereocenters. The van der Waals surface area contributed by atoms with Crippen molar-refractivity contribution in [2.24, 2.45) is 0 Å². The Labute approximate surface area is 158 Å². The van der Waals surface area contributed by atoms with Gasteiger partial charge in [0, 0.05) is 29.1 Å². The number of phenolic OH excluding ortho intramolecular Hbond substituents is 2. The van der Waals surface area contributed by atoms with Crippen LogP contribution >= 0.6 is 0 Å². The molecule has 4 aromatic carbocycles. The highest BCUT2D eigenvalue weighted by atomic mass is 16.3. The summed E-state index contributed by atoms with van der Waals surface area (Å²) in [4.78, 5) is 2.03. The number of nitrogens with zero attached hydrogens (tertiary/aromatic N) is 1. The first-order valence-corrected chi connectivity index (χ1v) is 8.75. The van der Waals surface area contributed by atoms with Crippen molar-refractivity contribution in [3.8, 4) is 22.6 Å². The molecule has 0 spiro atoms. The lowest BCUT2D eigenvalue weighted by molar-refractivity contribution is 0.475. The summed E-state index contributed by atoms with van der Waals surface area (Å²) in [7, 11) is 0. The molecule has 4 aromatic rings. The van der Waals surface area contributed by atoms with Gasteiger partial charge in [0.05, 0.1) is 5.69 Å². The molecular formula is C24H19NO2. The number of anilines is 3. The molecule has 4 rings (SSSR count). The van der Waals surface area contributed by atoms with E-state index in [2.05, 4.69) is 18.2 Å². The zero-order valence-electron chi connectivity index (χ0n) is 14.7. The fourth-order valence-electron chi connectivity index (χ4n) is 3.22. The first-order chi connectivity index (χ1) is 13.2. The van der Waals surface area contributed by atoms with Gasteiger partial charge in [0.25, 0.3) is 0 Å². The van der Waals surface area contributed by atoms with Gasteiger partial charge in [0.15, 0.2) is 0 Å². The van der Waals surface area contributed by atoms with E-state index in [0.29, 0.717) is 0 Å².